The quantitative estimate of drug-likeness (QED) is 0.242. The van der Waals surface area contributed by atoms with Crippen LogP contribution in [0.5, 0.6) is 0 Å². The number of unbranched alkanes of at least 4 members (excludes halogenated alkanes) is 2. The molecule has 0 bridgehead atoms. The van der Waals surface area contributed by atoms with E-state index >= 15 is 0 Å². The summed E-state index contributed by atoms with van der Waals surface area (Å²) in [5.74, 6) is 6.42. The largest absolute Gasteiger partial charge is 0.466 e. The van der Waals surface area contributed by atoms with Crippen molar-refractivity contribution in [3.05, 3.63) is 0 Å². The molecule has 0 aromatic carbocycles. The molecular formula is C30H46N2O3. The summed E-state index contributed by atoms with van der Waals surface area (Å²) in [4.78, 5) is 12.3. The predicted octanol–water partition coefficient (Wildman–Crippen LogP) is 6.54. The highest BCUT2D eigenvalue weighted by atomic mass is 16.5. The highest BCUT2D eigenvalue weighted by Gasteiger charge is 2.69. The molecular weight excluding hydrogens is 436 g/mol. The number of aliphatic hydroxyl groups excluding tert-OH is 1. The minimum atomic E-state index is -0.191. The first kappa shape index (κ1) is 25.2. The lowest BCUT2D eigenvalue weighted by molar-refractivity contribution is -0.147. The summed E-state index contributed by atoms with van der Waals surface area (Å²) >= 11 is 0. The molecule has 0 saturated heterocycles. The number of terminal acetylenes is 1. The fourth-order valence-corrected chi connectivity index (χ4v) is 9.75. The Morgan fingerprint density at radius 3 is 2.60 bits per heavy atom. The molecule has 4 saturated carbocycles. The molecule has 5 heteroatoms. The lowest BCUT2D eigenvalue weighted by atomic mass is 9.42. The second kappa shape index (κ2) is 9.47. The molecule has 0 aromatic heterocycles. The zero-order valence-electron chi connectivity index (χ0n) is 22.2. The lowest BCUT2D eigenvalue weighted by Crippen LogP contribution is -2.59. The first-order valence-electron chi connectivity index (χ1n) is 14.4. The molecule has 9 atom stereocenters. The number of carbonyl (C=O) groups is 1. The third-order valence-corrected chi connectivity index (χ3v) is 11.6. The van der Waals surface area contributed by atoms with Crippen molar-refractivity contribution in [3.8, 4) is 12.3 Å². The zero-order valence-corrected chi connectivity index (χ0v) is 22.2. The fraction of sp³-hybridized carbons (Fsp3) is 0.900. The number of carbonyl (C=O) groups excluding carboxylic acids is 1. The summed E-state index contributed by atoms with van der Waals surface area (Å²) in [6.45, 7) is 7.95. The van der Waals surface area contributed by atoms with Crippen molar-refractivity contribution in [2.24, 2.45) is 56.6 Å². The van der Waals surface area contributed by atoms with E-state index in [2.05, 4.69) is 36.9 Å². The van der Waals surface area contributed by atoms with Crippen molar-refractivity contribution in [2.75, 3.05) is 6.61 Å². The molecule has 194 valence electrons. The van der Waals surface area contributed by atoms with Crippen LogP contribution in [0, 0.1) is 58.7 Å². The molecule has 0 unspecified atom stereocenters. The Morgan fingerprint density at radius 1 is 1.11 bits per heavy atom. The van der Waals surface area contributed by atoms with Crippen LogP contribution < -0.4 is 0 Å². The standard InChI is InChI=1S/C30H46N2O3/c1-5-6-7-8-17-35-27(34)12-9-20(2)23-10-11-24-22-19-30(31-32-30)26-18-21(33)13-15-29(26,4)25(22)14-16-28(23,24)3/h1,20-26,33H,6-19H2,2-4H3/t20-,21+,22+,23-,24+,25+,26+,28-,29-/m1/s1. The van der Waals surface area contributed by atoms with Crippen LogP contribution in [-0.2, 0) is 9.53 Å². The van der Waals surface area contributed by atoms with Crippen LogP contribution in [0.25, 0.3) is 0 Å². The van der Waals surface area contributed by atoms with Crippen molar-refractivity contribution < 1.29 is 14.6 Å². The number of ether oxygens (including phenoxy) is 1. The van der Waals surface area contributed by atoms with Crippen molar-refractivity contribution in [1.29, 1.82) is 0 Å². The van der Waals surface area contributed by atoms with Crippen LogP contribution in [0.2, 0.25) is 0 Å². The second-order valence-corrected chi connectivity index (χ2v) is 13.3. The van der Waals surface area contributed by atoms with Crippen LogP contribution in [-0.4, -0.2) is 29.4 Å². The van der Waals surface area contributed by atoms with Gasteiger partial charge in [-0.05, 0) is 105 Å². The summed E-state index contributed by atoms with van der Waals surface area (Å²) in [5, 5.41) is 19.8. The van der Waals surface area contributed by atoms with Gasteiger partial charge in [-0.1, -0.05) is 20.8 Å². The number of hydrogen-bond donors (Lipinski definition) is 1. The Bertz CT molecular complexity index is 873. The molecule has 0 aromatic rings. The van der Waals surface area contributed by atoms with Crippen LogP contribution in [0.15, 0.2) is 10.2 Å². The van der Waals surface area contributed by atoms with E-state index in [1.807, 2.05) is 0 Å². The number of hydrogen-bond acceptors (Lipinski definition) is 5. The number of esters is 1. The van der Waals surface area contributed by atoms with Crippen molar-refractivity contribution >= 4 is 5.97 Å². The van der Waals surface area contributed by atoms with Crippen LogP contribution in [0.4, 0.5) is 0 Å². The van der Waals surface area contributed by atoms with Gasteiger partial charge in [0.15, 0.2) is 5.66 Å². The number of nitrogens with zero attached hydrogens (tertiary/aromatic N) is 2. The normalized spacial score (nSPS) is 43.5. The maximum Gasteiger partial charge on any atom is 0.305 e. The zero-order chi connectivity index (χ0) is 24.8. The van der Waals surface area contributed by atoms with Gasteiger partial charge in [0.05, 0.1) is 12.7 Å². The molecule has 1 heterocycles. The summed E-state index contributed by atoms with van der Waals surface area (Å²) < 4.78 is 5.46. The molecule has 5 nitrogen and oxygen atoms in total. The third-order valence-electron chi connectivity index (χ3n) is 11.6. The van der Waals surface area contributed by atoms with E-state index in [1.54, 1.807) is 0 Å². The van der Waals surface area contributed by atoms with Crippen LogP contribution in [0.1, 0.15) is 104 Å². The number of aliphatic hydroxyl groups is 1. The third kappa shape index (κ3) is 4.36. The molecule has 5 rings (SSSR count). The van der Waals surface area contributed by atoms with E-state index in [4.69, 9.17) is 11.2 Å². The summed E-state index contributed by atoms with van der Waals surface area (Å²) in [7, 11) is 0. The Morgan fingerprint density at radius 2 is 1.86 bits per heavy atom. The molecule has 0 amide bonds. The first-order chi connectivity index (χ1) is 16.7. The van der Waals surface area contributed by atoms with E-state index in [0.717, 1.165) is 63.2 Å². The Hall–Kier alpha value is -1.41. The molecule has 0 radical (unpaired) electrons. The van der Waals surface area contributed by atoms with E-state index in [1.165, 1.54) is 25.7 Å². The van der Waals surface area contributed by atoms with Crippen molar-refractivity contribution in [2.45, 2.75) is 116 Å². The molecule has 1 aliphatic heterocycles. The van der Waals surface area contributed by atoms with E-state index in [9.17, 15) is 9.90 Å². The average Bonchev–Trinajstić information content (AvgIpc) is 3.50. The molecule has 4 fully saturated rings. The minimum absolute atomic E-state index is 0.0504. The fourth-order valence-electron chi connectivity index (χ4n) is 9.75. The van der Waals surface area contributed by atoms with Crippen molar-refractivity contribution in [3.63, 3.8) is 0 Å². The number of fused-ring (bicyclic) bond motifs is 6. The van der Waals surface area contributed by atoms with E-state index < -0.39 is 0 Å². The summed E-state index contributed by atoms with van der Waals surface area (Å²) in [5.41, 5.74) is 0.428. The summed E-state index contributed by atoms with van der Waals surface area (Å²) in [6.07, 6.45) is 18.4. The minimum Gasteiger partial charge on any atom is -0.466 e. The average molecular weight is 483 g/mol. The highest BCUT2D eigenvalue weighted by molar-refractivity contribution is 5.69. The van der Waals surface area contributed by atoms with Gasteiger partial charge in [-0.25, -0.2) is 0 Å². The second-order valence-electron chi connectivity index (χ2n) is 13.3. The molecule has 5 aliphatic rings. The van der Waals surface area contributed by atoms with Gasteiger partial charge < -0.3 is 9.84 Å². The molecule has 1 N–H and O–H groups in total. The monoisotopic (exact) mass is 482 g/mol. The van der Waals surface area contributed by atoms with E-state index in [-0.39, 0.29) is 23.2 Å². The van der Waals surface area contributed by atoms with Gasteiger partial charge in [-0.2, -0.15) is 10.2 Å². The van der Waals surface area contributed by atoms with Crippen molar-refractivity contribution in [1.82, 2.24) is 0 Å². The van der Waals surface area contributed by atoms with Gasteiger partial charge in [0.25, 0.3) is 0 Å². The smallest absolute Gasteiger partial charge is 0.305 e. The van der Waals surface area contributed by atoms with Gasteiger partial charge >= 0.3 is 5.97 Å². The molecule has 35 heavy (non-hydrogen) atoms. The van der Waals surface area contributed by atoms with Gasteiger partial charge in [0.2, 0.25) is 0 Å². The first-order valence-corrected chi connectivity index (χ1v) is 14.4. The van der Waals surface area contributed by atoms with Crippen LogP contribution in [0.3, 0.4) is 0 Å². The molecule has 1 spiro atoms. The van der Waals surface area contributed by atoms with Gasteiger partial charge in [0, 0.05) is 25.2 Å². The Kier molecular flexibility index (Phi) is 6.83. The predicted molar refractivity (Wildman–Crippen MR) is 136 cm³/mol. The topological polar surface area (TPSA) is 71.2 Å². The Labute approximate surface area is 212 Å². The maximum absolute atomic E-state index is 12.3. The number of rotatable bonds is 8. The van der Waals surface area contributed by atoms with Gasteiger partial charge in [-0.15, -0.1) is 12.3 Å². The molecule has 4 aliphatic carbocycles. The van der Waals surface area contributed by atoms with E-state index in [0.29, 0.717) is 42.1 Å². The van der Waals surface area contributed by atoms with Crippen LogP contribution >= 0.6 is 0 Å². The van der Waals surface area contributed by atoms with Gasteiger partial charge in [0.1, 0.15) is 0 Å². The SMILES string of the molecule is C#CCCCCOC(=O)CC[C@@H](C)[C@H]1CC[C@H]2[C@@H]3CC4(N=N4)[C@H]4C[C@@H](O)CC[C@]4(C)[C@H]3CC[C@]12C. The maximum atomic E-state index is 12.3. The summed E-state index contributed by atoms with van der Waals surface area (Å²) in [6, 6.07) is 0. The highest BCUT2D eigenvalue weighted by Crippen LogP contribution is 2.72. The Balaban J connectivity index is 1.21. The lowest BCUT2D eigenvalue weighted by Gasteiger charge is -2.62. The van der Waals surface area contributed by atoms with Gasteiger partial charge in [-0.3, -0.25) is 4.79 Å².